The Balaban J connectivity index is 1.77. The predicted molar refractivity (Wildman–Crippen MR) is 128 cm³/mol. The first-order valence-corrected chi connectivity index (χ1v) is 10.6. The number of hydrogen-bond donors (Lipinski definition) is 1. The summed E-state index contributed by atoms with van der Waals surface area (Å²) in [6.07, 6.45) is 0. The monoisotopic (exact) mass is 447 g/mol. The van der Waals surface area contributed by atoms with E-state index in [1.165, 1.54) is 7.11 Å². The van der Waals surface area contributed by atoms with Crippen molar-refractivity contribution in [2.45, 2.75) is 32.8 Å². The fourth-order valence-corrected chi connectivity index (χ4v) is 3.41. The standard InChI is InChI=1S/C27H29NO5/c1-27(2,3)22-8-6-7-9-24(22)33-17-20-16-19(12-15-23(20)31-4)25(29)28-21-13-10-18(11-14-21)26(30)32-5/h6-16H,17H2,1-5H3,(H,28,29). The number of esters is 1. The van der Waals surface area contributed by atoms with E-state index in [-0.39, 0.29) is 17.9 Å². The molecule has 0 saturated heterocycles. The molecule has 0 bridgehead atoms. The quantitative estimate of drug-likeness (QED) is 0.477. The molecule has 0 unspecified atom stereocenters. The van der Waals surface area contributed by atoms with E-state index in [4.69, 9.17) is 14.2 Å². The van der Waals surface area contributed by atoms with Crippen molar-refractivity contribution in [2.24, 2.45) is 0 Å². The zero-order valence-corrected chi connectivity index (χ0v) is 19.6. The van der Waals surface area contributed by atoms with E-state index in [1.807, 2.05) is 18.2 Å². The third-order valence-electron chi connectivity index (χ3n) is 5.18. The summed E-state index contributed by atoms with van der Waals surface area (Å²) in [5.41, 5.74) is 3.25. The van der Waals surface area contributed by atoms with E-state index in [2.05, 4.69) is 32.2 Å². The van der Waals surface area contributed by atoms with Gasteiger partial charge in [0.25, 0.3) is 5.91 Å². The molecule has 3 aromatic rings. The Kier molecular flexibility index (Phi) is 7.38. The highest BCUT2D eigenvalue weighted by atomic mass is 16.5. The van der Waals surface area contributed by atoms with Gasteiger partial charge in [0.2, 0.25) is 0 Å². The van der Waals surface area contributed by atoms with Crippen LogP contribution in [0.1, 0.15) is 52.6 Å². The van der Waals surface area contributed by atoms with Gasteiger partial charge in [-0.3, -0.25) is 4.79 Å². The number of anilines is 1. The van der Waals surface area contributed by atoms with Crippen LogP contribution in [0.2, 0.25) is 0 Å². The van der Waals surface area contributed by atoms with Crippen LogP contribution in [-0.4, -0.2) is 26.1 Å². The maximum atomic E-state index is 12.8. The van der Waals surface area contributed by atoms with Gasteiger partial charge in [0, 0.05) is 16.8 Å². The van der Waals surface area contributed by atoms with E-state index in [9.17, 15) is 9.59 Å². The number of para-hydroxylation sites is 1. The molecule has 0 aliphatic rings. The van der Waals surface area contributed by atoms with E-state index < -0.39 is 5.97 Å². The topological polar surface area (TPSA) is 73.9 Å². The molecule has 0 aliphatic heterocycles. The van der Waals surface area contributed by atoms with Crippen molar-refractivity contribution in [2.75, 3.05) is 19.5 Å². The first kappa shape index (κ1) is 23.9. The third-order valence-corrected chi connectivity index (χ3v) is 5.18. The lowest BCUT2D eigenvalue weighted by Gasteiger charge is -2.23. The zero-order valence-electron chi connectivity index (χ0n) is 19.6. The molecule has 3 aromatic carbocycles. The highest BCUT2D eigenvalue weighted by molar-refractivity contribution is 6.04. The number of methoxy groups -OCH3 is 2. The molecule has 0 heterocycles. The highest BCUT2D eigenvalue weighted by Gasteiger charge is 2.19. The summed E-state index contributed by atoms with van der Waals surface area (Å²) in [6, 6.07) is 19.7. The molecule has 0 atom stereocenters. The second-order valence-electron chi connectivity index (χ2n) is 8.58. The van der Waals surface area contributed by atoms with Gasteiger partial charge in [0.15, 0.2) is 0 Å². The molecule has 0 radical (unpaired) electrons. The molecular formula is C27H29NO5. The molecule has 0 saturated carbocycles. The average Bonchev–Trinajstić information content (AvgIpc) is 2.82. The molecule has 1 N–H and O–H groups in total. The van der Waals surface area contributed by atoms with Crippen molar-refractivity contribution in [3.8, 4) is 11.5 Å². The minimum Gasteiger partial charge on any atom is -0.496 e. The summed E-state index contributed by atoms with van der Waals surface area (Å²) < 4.78 is 16.3. The molecule has 33 heavy (non-hydrogen) atoms. The number of carbonyl (C=O) groups is 2. The minimum absolute atomic E-state index is 0.0637. The number of amides is 1. The summed E-state index contributed by atoms with van der Waals surface area (Å²) in [5.74, 6) is 0.732. The smallest absolute Gasteiger partial charge is 0.337 e. The van der Waals surface area contributed by atoms with Crippen LogP contribution in [0.15, 0.2) is 66.7 Å². The Labute approximate surface area is 194 Å². The number of ether oxygens (including phenoxy) is 3. The molecule has 6 heteroatoms. The van der Waals surface area contributed by atoms with E-state index in [0.717, 1.165) is 16.9 Å². The second kappa shape index (κ2) is 10.2. The van der Waals surface area contributed by atoms with E-state index in [0.29, 0.717) is 22.6 Å². The first-order chi connectivity index (χ1) is 15.7. The van der Waals surface area contributed by atoms with Crippen LogP contribution in [0.5, 0.6) is 11.5 Å². The Morgan fingerprint density at radius 1 is 0.848 bits per heavy atom. The predicted octanol–water partition coefficient (Wildman–Crippen LogP) is 5.61. The summed E-state index contributed by atoms with van der Waals surface area (Å²) in [4.78, 5) is 24.4. The van der Waals surface area contributed by atoms with E-state index >= 15 is 0 Å². The van der Waals surface area contributed by atoms with Crippen LogP contribution in [0.3, 0.4) is 0 Å². The van der Waals surface area contributed by atoms with Crippen LogP contribution < -0.4 is 14.8 Å². The molecule has 0 spiro atoms. The van der Waals surface area contributed by atoms with Gasteiger partial charge < -0.3 is 19.5 Å². The van der Waals surface area contributed by atoms with Crippen molar-refractivity contribution in [3.63, 3.8) is 0 Å². The second-order valence-corrected chi connectivity index (χ2v) is 8.58. The van der Waals surface area contributed by atoms with Gasteiger partial charge >= 0.3 is 5.97 Å². The van der Waals surface area contributed by atoms with Crippen molar-refractivity contribution in [1.29, 1.82) is 0 Å². The number of nitrogens with one attached hydrogen (secondary N) is 1. The lowest BCUT2D eigenvalue weighted by molar-refractivity contribution is 0.0600. The summed E-state index contributed by atoms with van der Waals surface area (Å²) in [5, 5.41) is 2.84. The lowest BCUT2D eigenvalue weighted by atomic mass is 9.86. The average molecular weight is 448 g/mol. The van der Waals surface area contributed by atoms with Crippen LogP contribution in [-0.2, 0) is 16.8 Å². The van der Waals surface area contributed by atoms with Gasteiger partial charge in [-0.15, -0.1) is 0 Å². The minimum atomic E-state index is -0.430. The number of rotatable bonds is 7. The largest absolute Gasteiger partial charge is 0.496 e. The number of benzene rings is 3. The Morgan fingerprint density at radius 3 is 2.15 bits per heavy atom. The fourth-order valence-electron chi connectivity index (χ4n) is 3.41. The summed E-state index contributed by atoms with van der Waals surface area (Å²) in [6.45, 7) is 6.67. The van der Waals surface area contributed by atoms with Crippen molar-refractivity contribution in [3.05, 3.63) is 89.0 Å². The molecule has 1 amide bonds. The molecule has 0 aliphatic carbocycles. The Bertz CT molecular complexity index is 1130. The van der Waals surface area contributed by atoms with Gasteiger partial charge in [-0.2, -0.15) is 0 Å². The normalized spacial score (nSPS) is 10.9. The lowest BCUT2D eigenvalue weighted by Crippen LogP contribution is -2.14. The van der Waals surface area contributed by atoms with Crippen LogP contribution >= 0.6 is 0 Å². The van der Waals surface area contributed by atoms with E-state index in [1.54, 1.807) is 49.6 Å². The van der Waals surface area contributed by atoms with Crippen molar-refractivity contribution < 1.29 is 23.8 Å². The van der Waals surface area contributed by atoms with Gasteiger partial charge in [-0.1, -0.05) is 39.0 Å². The fraction of sp³-hybridized carbons (Fsp3) is 0.259. The van der Waals surface area contributed by atoms with Crippen LogP contribution in [0.4, 0.5) is 5.69 Å². The SMILES string of the molecule is COC(=O)c1ccc(NC(=O)c2ccc(OC)c(COc3ccccc3C(C)(C)C)c2)cc1. The molecule has 3 rings (SSSR count). The van der Waals surface area contributed by atoms with Gasteiger partial charge in [-0.25, -0.2) is 4.79 Å². The maximum Gasteiger partial charge on any atom is 0.337 e. The molecular weight excluding hydrogens is 418 g/mol. The van der Waals surface area contributed by atoms with Gasteiger partial charge in [0.05, 0.1) is 19.8 Å². The molecule has 0 aromatic heterocycles. The first-order valence-electron chi connectivity index (χ1n) is 10.6. The Morgan fingerprint density at radius 2 is 1.52 bits per heavy atom. The highest BCUT2D eigenvalue weighted by Crippen LogP contribution is 2.32. The van der Waals surface area contributed by atoms with Crippen molar-refractivity contribution >= 4 is 17.6 Å². The van der Waals surface area contributed by atoms with Crippen molar-refractivity contribution in [1.82, 2.24) is 0 Å². The molecule has 172 valence electrons. The van der Waals surface area contributed by atoms with Gasteiger partial charge in [-0.05, 0) is 59.5 Å². The summed E-state index contributed by atoms with van der Waals surface area (Å²) >= 11 is 0. The van der Waals surface area contributed by atoms with Gasteiger partial charge in [0.1, 0.15) is 18.1 Å². The van der Waals surface area contributed by atoms with Crippen LogP contribution in [0.25, 0.3) is 0 Å². The van der Waals surface area contributed by atoms with Crippen LogP contribution in [0, 0.1) is 0 Å². The molecule has 0 fully saturated rings. The summed E-state index contributed by atoms with van der Waals surface area (Å²) in [7, 11) is 2.91. The Hall–Kier alpha value is -3.80. The maximum absolute atomic E-state index is 12.8. The number of carbonyl (C=O) groups excluding carboxylic acids is 2. The zero-order chi connectivity index (χ0) is 24.0. The third kappa shape index (κ3) is 5.92. The molecule has 6 nitrogen and oxygen atoms in total. The number of hydrogen-bond acceptors (Lipinski definition) is 5.